The first-order valence-electron chi connectivity index (χ1n) is 36.9. The van der Waals surface area contributed by atoms with Crippen molar-refractivity contribution < 1.29 is 24.9 Å². The second kappa shape index (κ2) is 65.1. The van der Waals surface area contributed by atoms with Crippen molar-refractivity contribution in [1.82, 2.24) is 30.2 Å². The van der Waals surface area contributed by atoms with E-state index >= 15 is 0 Å². The molecule has 0 aromatic heterocycles. The molecule has 2 amide bonds. The average Bonchev–Trinajstić information content (AvgIpc) is 3.47. The maximum Gasteiger partial charge on any atom is 0.221 e. The second-order valence-corrected chi connectivity index (χ2v) is 26.3. The normalized spacial score (nSPS) is 13.1. The number of likely N-dealkylation sites (N-methyl/N-ethyl adjacent to an activating group) is 2. The Hall–Kier alpha value is -1.34. The van der Waals surface area contributed by atoms with E-state index in [0.29, 0.717) is 52.1 Å². The second-order valence-electron chi connectivity index (χ2n) is 26.3. The molecular weight excluding hydrogens is 1030 g/mol. The van der Waals surface area contributed by atoms with E-state index in [2.05, 4.69) is 72.0 Å². The summed E-state index contributed by atoms with van der Waals surface area (Å²) in [5.74, 6) is 0.130. The molecule has 0 aromatic rings. The van der Waals surface area contributed by atoms with Crippen molar-refractivity contribution in [3.8, 4) is 0 Å². The van der Waals surface area contributed by atoms with Crippen molar-refractivity contribution in [1.29, 1.82) is 0 Å². The van der Waals surface area contributed by atoms with Gasteiger partial charge in [-0.15, -0.1) is 0 Å². The zero-order chi connectivity index (χ0) is 60.7. The van der Waals surface area contributed by atoms with Crippen molar-refractivity contribution in [2.24, 2.45) is 0 Å². The molecular formula is C72H148N6O5. The molecule has 0 saturated heterocycles. The van der Waals surface area contributed by atoms with Gasteiger partial charge in [-0.2, -0.15) is 0 Å². The van der Waals surface area contributed by atoms with Crippen LogP contribution in [0.4, 0.5) is 0 Å². The molecule has 11 nitrogen and oxygen atoms in total. The molecule has 5 N–H and O–H groups in total. The number of amides is 2. The lowest BCUT2D eigenvalue weighted by Crippen LogP contribution is -2.42. The number of hydrogen-bond donors (Lipinski definition) is 5. The highest BCUT2D eigenvalue weighted by Gasteiger charge is 2.18. The zero-order valence-electron chi connectivity index (χ0n) is 56.8. The van der Waals surface area contributed by atoms with E-state index in [1.54, 1.807) is 0 Å². The van der Waals surface area contributed by atoms with Gasteiger partial charge in [-0.25, -0.2) is 0 Å². The zero-order valence-corrected chi connectivity index (χ0v) is 56.8. The van der Waals surface area contributed by atoms with E-state index in [-0.39, 0.29) is 30.1 Å². The molecule has 0 bridgehead atoms. The van der Waals surface area contributed by atoms with Crippen molar-refractivity contribution >= 4 is 11.8 Å². The Morgan fingerprint density at radius 3 is 0.819 bits per heavy atom. The monoisotopic (exact) mass is 1180 g/mol. The van der Waals surface area contributed by atoms with Gasteiger partial charge in [0.05, 0.1) is 18.3 Å². The molecule has 0 spiro atoms. The first kappa shape index (κ1) is 81.7. The third-order valence-electron chi connectivity index (χ3n) is 17.7. The number of unbranched alkanes of at least 4 members (excludes halogenated alkanes) is 39. The maximum atomic E-state index is 12.8. The van der Waals surface area contributed by atoms with Gasteiger partial charge in [-0.1, -0.05) is 291 Å². The van der Waals surface area contributed by atoms with E-state index in [9.17, 15) is 24.9 Å². The van der Waals surface area contributed by atoms with Crippen LogP contribution in [0.25, 0.3) is 0 Å². The quantitative estimate of drug-likeness (QED) is 0.0378. The van der Waals surface area contributed by atoms with Gasteiger partial charge in [0.1, 0.15) is 0 Å². The maximum absolute atomic E-state index is 12.8. The first-order valence-corrected chi connectivity index (χ1v) is 36.9. The molecule has 0 aromatic carbocycles. The number of aliphatic hydroxyl groups excluding tert-OH is 3. The standard InChI is InChI=1S/C72H148N6O5/c1-7-11-15-19-23-27-31-32-36-40-44-50-58-77(65-68(79)51-45-41-37-33-28-24-20-16-12-8-2)63-61-75(5)59-54-71(82)73-56-48-49-57-74-72(83)55-60-76(6)62-64-78(66-69(80)52-46-42-38-34-29-25-21-17-13-9-3)67-70(81)53-47-43-39-35-30-26-22-18-14-10-4/h68-70,79-81H,7-67H2,1-6H3,(H,73,82)(H,74,83). The molecule has 0 heterocycles. The van der Waals surface area contributed by atoms with Gasteiger partial charge in [-0.05, 0) is 59.2 Å². The molecule has 0 aliphatic heterocycles. The Kier molecular flexibility index (Phi) is 64.1. The Balaban J connectivity index is 4.66. The molecule has 496 valence electrons. The summed E-state index contributed by atoms with van der Waals surface area (Å²) in [6.07, 6.45) is 59.1. The van der Waals surface area contributed by atoms with E-state index < -0.39 is 0 Å². The molecule has 83 heavy (non-hydrogen) atoms. The summed E-state index contributed by atoms with van der Waals surface area (Å²) in [7, 11) is 4.18. The summed E-state index contributed by atoms with van der Waals surface area (Å²) >= 11 is 0. The van der Waals surface area contributed by atoms with Gasteiger partial charge in [0.15, 0.2) is 0 Å². The fourth-order valence-electron chi connectivity index (χ4n) is 11.8. The van der Waals surface area contributed by atoms with Gasteiger partial charge in [0.25, 0.3) is 0 Å². The van der Waals surface area contributed by atoms with Gasteiger partial charge >= 0.3 is 0 Å². The Labute approximate surface area is 517 Å². The summed E-state index contributed by atoms with van der Waals surface area (Å²) in [6.45, 7) is 18.0. The first-order chi connectivity index (χ1) is 40.5. The van der Waals surface area contributed by atoms with Crippen LogP contribution in [0.15, 0.2) is 0 Å². The number of nitrogens with one attached hydrogen (secondary N) is 2. The van der Waals surface area contributed by atoms with Crippen LogP contribution in [0.3, 0.4) is 0 Å². The minimum atomic E-state index is -0.388. The summed E-state index contributed by atoms with van der Waals surface area (Å²) in [6, 6.07) is 0. The third kappa shape index (κ3) is 62.1. The van der Waals surface area contributed by atoms with Gasteiger partial charge in [-0.3, -0.25) is 19.4 Å². The number of aliphatic hydroxyl groups is 3. The van der Waals surface area contributed by atoms with Crippen LogP contribution in [0, 0.1) is 0 Å². The molecule has 0 radical (unpaired) electrons. The molecule has 3 atom stereocenters. The number of carbonyl (C=O) groups excluding carboxylic acids is 2. The number of hydrogen-bond acceptors (Lipinski definition) is 9. The number of nitrogens with zero attached hydrogens (tertiary/aromatic N) is 4. The molecule has 0 saturated carbocycles. The lowest BCUT2D eigenvalue weighted by atomic mass is 10.0. The summed E-state index contributed by atoms with van der Waals surface area (Å²) < 4.78 is 0. The highest BCUT2D eigenvalue weighted by atomic mass is 16.3. The molecule has 0 fully saturated rings. The lowest BCUT2D eigenvalue weighted by molar-refractivity contribution is -0.122. The van der Waals surface area contributed by atoms with Crippen LogP contribution in [0.2, 0.25) is 0 Å². The lowest BCUT2D eigenvalue weighted by Gasteiger charge is -2.29. The molecule has 3 unspecified atom stereocenters. The van der Waals surface area contributed by atoms with Crippen LogP contribution in [0.5, 0.6) is 0 Å². The Morgan fingerprint density at radius 2 is 0.530 bits per heavy atom. The highest BCUT2D eigenvalue weighted by molar-refractivity contribution is 5.76. The topological polar surface area (TPSA) is 132 Å². The average molecular weight is 1180 g/mol. The van der Waals surface area contributed by atoms with Gasteiger partial charge in [0, 0.05) is 84.8 Å². The minimum absolute atomic E-state index is 0.0517. The third-order valence-corrected chi connectivity index (χ3v) is 17.7. The predicted octanol–water partition coefficient (Wildman–Crippen LogP) is 17.0. The fourth-order valence-corrected chi connectivity index (χ4v) is 11.8. The van der Waals surface area contributed by atoms with Crippen molar-refractivity contribution in [3.05, 3.63) is 0 Å². The van der Waals surface area contributed by atoms with Crippen LogP contribution in [0.1, 0.15) is 342 Å². The van der Waals surface area contributed by atoms with Crippen LogP contribution >= 0.6 is 0 Å². The summed E-state index contributed by atoms with van der Waals surface area (Å²) in [5, 5.41) is 39.5. The fraction of sp³-hybridized carbons (Fsp3) is 0.972. The number of carbonyl (C=O) groups is 2. The van der Waals surface area contributed by atoms with Crippen LogP contribution in [-0.2, 0) is 9.59 Å². The Bertz CT molecular complexity index is 1280. The van der Waals surface area contributed by atoms with Crippen molar-refractivity contribution in [2.75, 3.05) is 92.6 Å². The van der Waals surface area contributed by atoms with E-state index in [1.807, 2.05) is 0 Å². The summed E-state index contributed by atoms with van der Waals surface area (Å²) in [4.78, 5) is 34.9. The highest BCUT2D eigenvalue weighted by Crippen LogP contribution is 2.18. The SMILES string of the molecule is CCCCCCCCCCCCCCN(CCN(C)CCC(=O)NCCCCNC(=O)CCN(C)CCN(CC(O)CCCCCCCCCCCC)CC(O)CCCCCCCCCCCC)CC(O)CCCCCCCCCCCC. The Morgan fingerprint density at radius 1 is 0.289 bits per heavy atom. The van der Waals surface area contributed by atoms with Gasteiger partial charge in [0.2, 0.25) is 11.8 Å². The van der Waals surface area contributed by atoms with Crippen molar-refractivity contribution in [3.63, 3.8) is 0 Å². The molecule has 11 heteroatoms. The molecule has 0 aliphatic rings. The van der Waals surface area contributed by atoms with Crippen LogP contribution < -0.4 is 10.6 Å². The van der Waals surface area contributed by atoms with E-state index in [1.165, 1.54) is 250 Å². The number of rotatable bonds is 69. The largest absolute Gasteiger partial charge is 0.392 e. The minimum Gasteiger partial charge on any atom is -0.392 e. The van der Waals surface area contributed by atoms with Crippen molar-refractivity contribution in [2.45, 2.75) is 361 Å². The van der Waals surface area contributed by atoms with E-state index in [0.717, 1.165) is 90.6 Å². The summed E-state index contributed by atoms with van der Waals surface area (Å²) in [5.41, 5.74) is 0. The van der Waals surface area contributed by atoms with Gasteiger partial charge < -0.3 is 35.8 Å². The smallest absolute Gasteiger partial charge is 0.221 e. The molecule has 0 rings (SSSR count). The molecule has 0 aliphatic carbocycles. The predicted molar refractivity (Wildman–Crippen MR) is 361 cm³/mol. The van der Waals surface area contributed by atoms with E-state index in [4.69, 9.17) is 0 Å². The van der Waals surface area contributed by atoms with Crippen LogP contribution in [-0.4, -0.2) is 158 Å².